The number of pyridine rings is 1. The second kappa shape index (κ2) is 5.26. The van der Waals surface area contributed by atoms with Crippen molar-refractivity contribution in [3.8, 4) is 5.75 Å². The predicted molar refractivity (Wildman–Crippen MR) is 73.3 cm³/mol. The molecule has 2 rings (SSSR count). The highest BCUT2D eigenvalue weighted by Gasteiger charge is 2.16. The Balaban J connectivity index is 2.46. The molecule has 1 aromatic heterocycles. The molecule has 1 unspecified atom stereocenters. The minimum atomic E-state index is -0.642. The number of benzene rings is 1. The van der Waals surface area contributed by atoms with Crippen molar-refractivity contribution >= 4 is 16.9 Å². The van der Waals surface area contributed by atoms with E-state index in [0.29, 0.717) is 5.75 Å². The smallest absolute Gasteiger partial charge is 0.346 e. The average molecular weight is 259 g/mol. The van der Waals surface area contributed by atoms with Gasteiger partial charge in [-0.25, -0.2) is 4.79 Å². The number of ether oxygens (including phenoxy) is 2. The molecule has 0 fully saturated rings. The highest BCUT2D eigenvalue weighted by atomic mass is 16.6. The first-order valence-electron chi connectivity index (χ1n) is 6.13. The van der Waals surface area contributed by atoms with Crippen LogP contribution in [0.15, 0.2) is 24.4 Å². The highest BCUT2D eigenvalue weighted by Crippen LogP contribution is 2.28. The molecule has 0 saturated carbocycles. The van der Waals surface area contributed by atoms with Gasteiger partial charge >= 0.3 is 5.97 Å². The Hall–Kier alpha value is -2.10. The fourth-order valence-electron chi connectivity index (χ4n) is 2.10. The van der Waals surface area contributed by atoms with E-state index in [9.17, 15) is 4.79 Å². The van der Waals surface area contributed by atoms with E-state index >= 15 is 0 Å². The summed E-state index contributed by atoms with van der Waals surface area (Å²) in [6, 6.07) is 5.85. The van der Waals surface area contributed by atoms with Gasteiger partial charge in [0, 0.05) is 11.6 Å². The molecule has 1 atom stereocenters. The van der Waals surface area contributed by atoms with E-state index in [4.69, 9.17) is 4.74 Å². The Morgan fingerprint density at radius 3 is 2.74 bits per heavy atom. The Morgan fingerprint density at radius 1 is 1.32 bits per heavy atom. The number of hydrogen-bond donors (Lipinski definition) is 0. The van der Waals surface area contributed by atoms with Crippen LogP contribution in [-0.4, -0.2) is 24.2 Å². The summed E-state index contributed by atoms with van der Waals surface area (Å²) >= 11 is 0. The van der Waals surface area contributed by atoms with Gasteiger partial charge in [-0.3, -0.25) is 4.98 Å². The van der Waals surface area contributed by atoms with Crippen molar-refractivity contribution in [2.45, 2.75) is 26.9 Å². The van der Waals surface area contributed by atoms with Crippen LogP contribution in [-0.2, 0) is 9.53 Å². The highest BCUT2D eigenvalue weighted by molar-refractivity contribution is 5.88. The van der Waals surface area contributed by atoms with E-state index in [2.05, 4.69) is 15.8 Å². The molecule has 4 nitrogen and oxygen atoms in total. The van der Waals surface area contributed by atoms with Gasteiger partial charge in [-0.2, -0.15) is 0 Å². The number of nitrogens with zero attached hydrogens (tertiary/aromatic N) is 1. The maximum absolute atomic E-state index is 11.4. The summed E-state index contributed by atoms with van der Waals surface area (Å²) < 4.78 is 10.3. The van der Waals surface area contributed by atoms with Gasteiger partial charge in [0.25, 0.3) is 0 Å². The third-order valence-corrected chi connectivity index (χ3v) is 2.98. The molecule has 100 valence electrons. The number of esters is 1. The Morgan fingerprint density at radius 2 is 2.05 bits per heavy atom. The van der Waals surface area contributed by atoms with Crippen molar-refractivity contribution in [2.75, 3.05) is 7.11 Å². The Kier molecular flexibility index (Phi) is 3.69. The van der Waals surface area contributed by atoms with Gasteiger partial charge in [-0.05, 0) is 44.0 Å². The van der Waals surface area contributed by atoms with Crippen LogP contribution in [0.1, 0.15) is 18.1 Å². The van der Waals surface area contributed by atoms with E-state index in [1.807, 2.05) is 19.9 Å². The second-order valence-electron chi connectivity index (χ2n) is 4.57. The van der Waals surface area contributed by atoms with Crippen LogP contribution < -0.4 is 4.74 Å². The number of rotatable bonds is 3. The number of hydrogen-bond acceptors (Lipinski definition) is 4. The van der Waals surface area contributed by atoms with Crippen LogP contribution in [0.4, 0.5) is 0 Å². The zero-order valence-electron chi connectivity index (χ0n) is 11.6. The second-order valence-corrected chi connectivity index (χ2v) is 4.57. The number of aromatic nitrogens is 1. The molecule has 0 bridgehead atoms. The standard InChI is InChI=1S/C15H17NO3/c1-9-7-10(2)14-12(8-9)13(5-6-16-14)19-11(3)15(17)18-4/h5-8,11H,1-4H3. The van der Waals surface area contributed by atoms with Gasteiger partial charge in [0.15, 0.2) is 6.10 Å². The van der Waals surface area contributed by atoms with E-state index in [-0.39, 0.29) is 0 Å². The SMILES string of the molecule is COC(=O)C(C)Oc1ccnc2c(C)cc(C)cc12. The molecule has 0 aliphatic carbocycles. The first-order valence-corrected chi connectivity index (χ1v) is 6.13. The van der Waals surface area contributed by atoms with Gasteiger partial charge in [0.2, 0.25) is 0 Å². The quantitative estimate of drug-likeness (QED) is 0.795. The number of carbonyl (C=O) groups excluding carboxylic acids is 1. The van der Waals surface area contributed by atoms with Crippen LogP contribution in [0.5, 0.6) is 5.75 Å². The monoisotopic (exact) mass is 259 g/mol. The lowest BCUT2D eigenvalue weighted by Crippen LogP contribution is -2.25. The molecule has 1 heterocycles. The molecule has 0 radical (unpaired) electrons. The first-order chi connectivity index (χ1) is 9.02. The first kappa shape index (κ1) is 13.3. The molecule has 1 aromatic carbocycles. The molecular formula is C15H17NO3. The van der Waals surface area contributed by atoms with Gasteiger partial charge < -0.3 is 9.47 Å². The van der Waals surface area contributed by atoms with Crippen LogP contribution in [0, 0.1) is 13.8 Å². The molecule has 2 aromatic rings. The maximum Gasteiger partial charge on any atom is 0.346 e. The van der Waals surface area contributed by atoms with Gasteiger partial charge in [0.05, 0.1) is 12.6 Å². The third kappa shape index (κ3) is 2.67. The fourth-order valence-corrected chi connectivity index (χ4v) is 2.10. The van der Waals surface area contributed by atoms with Crippen molar-refractivity contribution in [3.63, 3.8) is 0 Å². The van der Waals surface area contributed by atoms with Crippen LogP contribution in [0.3, 0.4) is 0 Å². The zero-order valence-corrected chi connectivity index (χ0v) is 11.6. The van der Waals surface area contributed by atoms with Crippen LogP contribution in [0.25, 0.3) is 10.9 Å². The molecule has 19 heavy (non-hydrogen) atoms. The lowest BCUT2D eigenvalue weighted by Gasteiger charge is -2.15. The summed E-state index contributed by atoms with van der Waals surface area (Å²) in [4.78, 5) is 15.8. The van der Waals surface area contributed by atoms with Crippen molar-refractivity contribution in [1.82, 2.24) is 4.98 Å². The molecule has 0 aliphatic heterocycles. The minimum Gasteiger partial charge on any atom is -0.478 e. The molecule has 0 saturated heterocycles. The minimum absolute atomic E-state index is 0.394. The summed E-state index contributed by atoms with van der Waals surface area (Å²) in [5.41, 5.74) is 3.11. The normalized spacial score (nSPS) is 12.2. The largest absolute Gasteiger partial charge is 0.478 e. The van der Waals surface area contributed by atoms with Gasteiger partial charge in [0.1, 0.15) is 5.75 Å². The van der Waals surface area contributed by atoms with Crippen molar-refractivity contribution in [1.29, 1.82) is 0 Å². The third-order valence-electron chi connectivity index (χ3n) is 2.98. The van der Waals surface area contributed by atoms with Crippen molar-refractivity contribution in [2.24, 2.45) is 0 Å². The van der Waals surface area contributed by atoms with Gasteiger partial charge in [-0.1, -0.05) is 6.07 Å². The van der Waals surface area contributed by atoms with Crippen molar-refractivity contribution in [3.05, 3.63) is 35.5 Å². The number of aryl methyl sites for hydroxylation is 2. The summed E-state index contributed by atoms with van der Waals surface area (Å²) in [5.74, 6) is 0.254. The summed E-state index contributed by atoms with van der Waals surface area (Å²) in [6.07, 6.45) is 1.04. The summed E-state index contributed by atoms with van der Waals surface area (Å²) in [6.45, 7) is 5.70. The van der Waals surface area contributed by atoms with Crippen LogP contribution >= 0.6 is 0 Å². The predicted octanol–water partition coefficient (Wildman–Crippen LogP) is 2.79. The molecule has 0 N–H and O–H groups in total. The lowest BCUT2D eigenvalue weighted by atomic mass is 10.1. The van der Waals surface area contributed by atoms with E-state index in [0.717, 1.165) is 22.0 Å². The van der Waals surface area contributed by atoms with Crippen molar-refractivity contribution < 1.29 is 14.3 Å². The molecule has 0 amide bonds. The van der Waals surface area contributed by atoms with E-state index < -0.39 is 12.1 Å². The molecule has 4 heteroatoms. The molecule has 0 spiro atoms. The topological polar surface area (TPSA) is 48.4 Å². The average Bonchev–Trinajstić information content (AvgIpc) is 2.38. The number of carbonyl (C=O) groups is 1. The van der Waals surface area contributed by atoms with Crippen LogP contribution in [0.2, 0.25) is 0 Å². The summed E-state index contributed by atoms with van der Waals surface area (Å²) in [5, 5.41) is 0.913. The lowest BCUT2D eigenvalue weighted by molar-refractivity contribution is -0.147. The van der Waals surface area contributed by atoms with E-state index in [1.165, 1.54) is 7.11 Å². The Bertz CT molecular complexity index is 622. The zero-order chi connectivity index (χ0) is 14.0. The molecular weight excluding hydrogens is 242 g/mol. The van der Waals surface area contributed by atoms with E-state index in [1.54, 1.807) is 19.2 Å². The van der Waals surface area contributed by atoms with Gasteiger partial charge in [-0.15, -0.1) is 0 Å². The Labute approximate surface area is 112 Å². The maximum atomic E-state index is 11.4. The number of fused-ring (bicyclic) bond motifs is 1. The number of methoxy groups -OCH3 is 1. The fraction of sp³-hybridized carbons (Fsp3) is 0.333. The molecule has 0 aliphatic rings. The summed E-state index contributed by atoms with van der Waals surface area (Å²) in [7, 11) is 1.35.